The quantitative estimate of drug-likeness (QED) is 0.113. The molecule has 1 aliphatic heterocycles. The third-order valence-corrected chi connectivity index (χ3v) is 7.12. The van der Waals surface area contributed by atoms with Gasteiger partial charge in [-0.15, -0.1) is 24.0 Å². The summed E-state index contributed by atoms with van der Waals surface area (Å²) in [4.78, 5) is 31.7. The molecule has 2 N–H and O–H groups in total. The van der Waals surface area contributed by atoms with Gasteiger partial charge in [0.2, 0.25) is 11.8 Å². The Morgan fingerprint density at radius 1 is 1.20 bits per heavy atom. The predicted octanol–water partition coefficient (Wildman–Crippen LogP) is 2.17. The summed E-state index contributed by atoms with van der Waals surface area (Å²) in [7, 11) is 1.75. The van der Waals surface area contributed by atoms with Gasteiger partial charge in [-0.2, -0.15) is 0 Å². The van der Waals surface area contributed by atoms with E-state index in [4.69, 9.17) is 9.73 Å². The summed E-state index contributed by atoms with van der Waals surface area (Å²) in [6.45, 7) is 5.64. The lowest BCUT2D eigenvalue weighted by molar-refractivity contribution is -0.140. The number of likely N-dealkylation sites (tertiary alicyclic amines) is 1. The van der Waals surface area contributed by atoms with Crippen molar-refractivity contribution < 1.29 is 14.3 Å². The maximum Gasteiger partial charge on any atom is 0.233 e. The van der Waals surface area contributed by atoms with Crippen LogP contribution in [-0.2, 0) is 14.3 Å². The number of rotatable bonds is 10. The van der Waals surface area contributed by atoms with Crippen LogP contribution in [0.4, 0.5) is 0 Å². The number of aliphatic imine (C=N–C) groups is 1. The molecule has 0 spiro atoms. The highest BCUT2D eigenvalue weighted by molar-refractivity contribution is 14.0. The minimum absolute atomic E-state index is 0. The van der Waals surface area contributed by atoms with Gasteiger partial charge >= 0.3 is 0 Å². The van der Waals surface area contributed by atoms with Gasteiger partial charge in [0, 0.05) is 39.9 Å². The summed E-state index contributed by atoms with van der Waals surface area (Å²) >= 11 is 0. The summed E-state index contributed by atoms with van der Waals surface area (Å²) < 4.78 is 5.22. The number of nitrogens with one attached hydrogen (secondary N) is 2. The predicted molar refractivity (Wildman–Crippen MR) is 127 cm³/mol. The van der Waals surface area contributed by atoms with Gasteiger partial charge in [-0.3, -0.25) is 19.5 Å². The minimum atomic E-state index is -0.0915. The Morgan fingerprint density at radius 3 is 2.43 bits per heavy atom. The molecule has 3 fully saturated rings. The number of hydrogen-bond donors (Lipinski definition) is 2. The SMILES string of the molecule is CCNC(=NCC1(CCOC)CC1)NCCCN1C(=O)C2C3C=CC(C3)C2C1=O.I. The number of allylic oxidation sites excluding steroid dienone is 2. The van der Waals surface area contributed by atoms with Crippen LogP contribution in [0.3, 0.4) is 0 Å². The van der Waals surface area contributed by atoms with Crippen molar-refractivity contribution >= 4 is 41.8 Å². The monoisotopic (exact) mass is 530 g/mol. The highest BCUT2D eigenvalue weighted by Gasteiger charge is 2.58. The molecule has 7 nitrogen and oxygen atoms in total. The normalized spacial score (nSPS) is 30.5. The van der Waals surface area contributed by atoms with Gasteiger partial charge in [0.25, 0.3) is 0 Å². The molecule has 4 unspecified atom stereocenters. The third-order valence-electron chi connectivity index (χ3n) is 7.12. The van der Waals surface area contributed by atoms with Gasteiger partial charge in [-0.25, -0.2) is 0 Å². The van der Waals surface area contributed by atoms with E-state index in [1.165, 1.54) is 17.7 Å². The number of guanidine groups is 1. The van der Waals surface area contributed by atoms with Crippen molar-refractivity contribution in [1.29, 1.82) is 0 Å². The van der Waals surface area contributed by atoms with Crippen LogP contribution in [0.15, 0.2) is 17.1 Å². The topological polar surface area (TPSA) is 83.0 Å². The zero-order valence-electron chi connectivity index (χ0n) is 18.1. The van der Waals surface area contributed by atoms with Crippen molar-refractivity contribution in [3.05, 3.63) is 12.2 Å². The molecule has 1 saturated heterocycles. The zero-order valence-corrected chi connectivity index (χ0v) is 20.4. The number of imide groups is 1. The first-order valence-electron chi connectivity index (χ1n) is 11.1. The van der Waals surface area contributed by atoms with Crippen LogP contribution in [0, 0.1) is 29.1 Å². The van der Waals surface area contributed by atoms with Gasteiger partial charge < -0.3 is 15.4 Å². The largest absolute Gasteiger partial charge is 0.385 e. The van der Waals surface area contributed by atoms with Crippen LogP contribution in [0.1, 0.15) is 39.0 Å². The number of halogens is 1. The van der Waals surface area contributed by atoms with E-state index in [1.54, 1.807) is 7.11 Å². The molecule has 4 atom stereocenters. The van der Waals surface area contributed by atoms with Gasteiger partial charge in [0.05, 0.1) is 11.8 Å². The molecule has 2 bridgehead atoms. The number of carbonyl (C=O) groups excluding carboxylic acids is 2. The second-order valence-corrected chi connectivity index (χ2v) is 9.05. The van der Waals surface area contributed by atoms with Gasteiger partial charge in [0.15, 0.2) is 5.96 Å². The standard InChI is InChI=1S/C22H34N4O3.HI/c1-3-23-21(25-14-22(7-8-22)9-12-29-2)24-10-4-11-26-19(27)17-15-5-6-16(13-15)18(17)20(26)28;/h5-6,15-18H,3-4,7-14H2,1-2H3,(H2,23,24,25);1H. The van der Waals surface area contributed by atoms with Crippen LogP contribution >= 0.6 is 24.0 Å². The summed E-state index contributed by atoms with van der Waals surface area (Å²) in [5.41, 5.74) is 0.317. The average molecular weight is 530 g/mol. The maximum atomic E-state index is 12.7. The number of carbonyl (C=O) groups is 2. The molecule has 0 radical (unpaired) electrons. The fourth-order valence-electron chi connectivity index (χ4n) is 5.20. The third kappa shape index (κ3) is 4.69. The highest BCUT2D eigenvalue weighted by Crippen LogP contribution is 2.52. The van der Waals surface area contributed by atoms with E-state index in [0.29, 0.717) is 18.5 Å². The first kappa shape index (κ1) is 23.5. The Balaban J connectivity index is 0.00000256. The first-order valence-corrected chi connectivity index (χ1v) is 11.1. The molecule has 3 aliphatic carbocycles. The highest BCUT2D eigenvalue weighted by atomic mass is 127. The molecular formula is C22H35IN4O3. The number of amides is 2. The van der Waals surface area contributed by atoms with Crippen molar-refractivity contribution in [2.45, 2.75) is 39.0 Å². The molecule has 168 valence electrons. The Kier molecular flexibility index (Phi) is 7.81. The van der Waals surface area contributed by atoms with E-state index in [0.717, 1.165) is 44.9 Å². The van der Waals surface area contributed by atoms with E-state index in [-0.39, 0.29) is 59.5 Å². The Labute approximate surface area is 196 Å². The van der Waals surface area contributed by atoms with E-state index >= 15 is 0 Å². The number of ether oxygens (including phenoxy) is 1. The molecule has 1 heterocycles. The summed E-state index contributed by atoms with van der Waals surface area (Å²) in [5.74, 6) is 1.29. The number of fused-ring (bicyclic) bond motifs is 5. The smallest absolute Gasteiger partial charge is 0.233 e. The first-order chi connectivity index (χ1) is 14.1. The molecule has 2 amide bonds. The molecule has 2 saturated carbocycles. The van der Waals surface area contributed by atoms with Crippen LogP contribution in [0.5, 0.6) is 0 Å². The Bertz CT molecular complexity index is 676. The van der Waals surface area contributed by atoms with Crippen LogP contribution in [-0.4, -0.2) is 62.6 Å². The summed E-state index contributed by atoms with van der Waals surface area (Å²) in [5, 5.41) is 6.65. The molecule has 0 aromatic heterocycles. The second-order valence-electron chi connectivity index (χ2n) is 9.05. The Morgan fingerprint density at radius 2 is 1.87 bits per heavy atom. The lowest BCUT2D eigenvalue weighted by Crippen LogP contribution is -2.40. The van der Waals surface area contributed by atoms with E-state index in [9.17, 15) is 9.59 Å². The lowest BCUT2D eigenvalue weighted by atomic mass is 9.85. The van der Waals surface area contributed by atoms with Crippen molar-refractivity contribution in [1.82, 2.24) is 15.5 Å². The van der Waals surface area contributed by atoms with E-state index < -0.39 is 0 Å². The molecule has 8 heteroatoms. The van der Waals surface area contributed by atoms with E-state index in [2.05, 4.69) is 29.7 Å². The molecule has 0 aromatic carbocycles. The van der Waals surface area contributed by atoms with Crippen LogP contribution in [0.2, 0.25) is 0 Å². The lowest BCUT2D eigenvalue weighted by Gasteiger charge is -2.18. The van der Waals surface area contributed by atoms with Crippen molar-refractivity contribution in [2.24, 2.45) is 34.1 Å². The van der Waals surface area contributed by atoms with Gasteiger partial charge in [0.1, 0.15) is 0 Å². The number of hydrogen-bond acceptors (Lipinski definition) is 4. The fraction of sp³-hybridized carbons (Fsp3) is 0.773. The number of methoxy groups -OCH3 is 1. The maximum absolute atomic E-state index is 12.7. The number of nitrogens with zero attached hydrogens (tertiary/aromatic N) is 2. The molecule has 30 heavy (non-hydrogen) atoms. The summed E-state index contributed by atoms with van der Waals surface area (Å²) in [6, 6.07) is 0. The van der Waals surface area contributed by atoms with Crippen LogP contribution < -0.4 is 10.6 Å². The zero-order chi connectivity index (χ0) is 20.4. The van der Waals surface area contributed by atoms with Crippen molar-refractivity contribution in [3.8, 4) is 0 Å². The van der Waals surface area contributed by atoms with Crippen molar-refractivity contribution in [2.75, 3.05) is 39.9 Å². The van der Waals surface area contributed by atoms with Gasteiger partial charge in [-0.1, -0.05) is 12.2 Å². The minimum Gasteiger partial charge on any atom is -0.385 e. The van der Waals surface area contributed by atoms with Crippen LogP contribution in [0.25, 0.3) is 0 Å². The fourth-order valence-corrected chi connectivity index (χ4v) is 5.20. The van der Waals surface area contributed by atoms with E-state index in [1.807, 2.05) is 0 Å². The Hall–Kier alpha value is -1.16. The van der Waals surface area contributed by atoms with Crippen molar-refractivity contribution in [3.63, 3.8) is 0 Å². The molecule has 4 rings (SSSR count). The average Bonchev–Trinajstić information content (AvgIpc) is 3.06. The summed E-state index contributed by atoms with van der Waals surface area (Å²) in [6.07, 6.45) is 9.50. The second kappa shape index (κ2) is 9.97. The molecule has 4 aliphatic rings. The molecular weight excluding hydrogens is 495 g/mol. The molecule has 0 aromatic rings. The van der Waals surface area contributed by atoms with Gasteiger partial charge in [-0.05, 0) is 56.3 Å².